The summed E-state index contributed by atoms with van der Waals surface area (Å²) in [5, 5.41) is 0.234. The van der Waals surface area contributed by atoms with Gasteiger partial charge >= 0.3 is 0 Å². The van der Waals surface area contributed by atoms with E-state index in [0.717, 1.165) is 5.56 Å². The summed E-state index contributed by atoms with van der Waals surface area (Å²) in [6.45, 7) is 7.57. The van der Waals surface area contributed by atoms with Crippen LogP contribution in [-0.4, -0.2) is 22.8 Å². The van der Waals surface area contributed by atoms with Gasteiger partial charge in [0.05, 0.1) is 0 Å². The molecular formula is C13H19ClF2N2OS. The second kappa shape index (κ2) is 7.43. The lowest BCUT2D eigenvalue weighted by molar-refractivity contribution is 0.0796. The largest absolute Gasteiger partial charge is 0.471 e. The molecule has 7 heteroatoms. The molecule has 0 fully saturated rings. The number of halogens is 3. The predicted molar refractivity (Wildman–Crippen MR) is 79.6 cm³/mol. The predicted octanol–water partition coefficient (Wildman–Crippen LogP) is 4.48. The average Bonchev–Trinajstić information content (AvgIpc) is 2.33. The molecule has 0 spiro atoms. The molecule has 1 atom stereocenters. The Bertz CT molecular complexity index is 441. The second-order valence-corrected chi connectivity index (χ2v) is 7.38. The number of hydrogen-bond acceptors (Lipinski definition) is 4. The van der Waals surface area contributed by atoms with Crippen molar-refractivity contribution in [1.82, 2.24) is 9.71 Å². The van der Waals surface area contributed by atoms with Crippen molar-refractivity contribution in [1.29, 1.82) is 0 Å². The molecule has 1 rings (SSSR count). The monoisotopic (exact) mass is 324 g/mol. The minimum Gasteiger partial charge on any atom is -0.471 e. The quantitative estimate of drug-likeness (QED) is 0.782. The molecule has 0 aliphatic carbocycles. The van der Waals surface area contributed by atoms with E-state index in [1.54, 1.807) is 24.2 Å². The van der Waals surface area contributed by atoms with Crippen molar-refractivity contribution in [2.75, 3.05) is 6.61 Å². The number of aromatic nitrogens is 1. The summed E-state index contributed by atoms with van der Waals surface area (Å²) in [6.07, 6.45) is -0.968. The van der Waals surface area contributed by atoms with Crippen LogP contribution in [0.15, 0.2) is 12.3 Å². The highest BCUT2D eigenvalue weighted by molar-refractivity contribution is 7.98. The number of pyridine rings is 1. The maximum Gasteiger partial charge on any atom is 0.272 e. The van der Waals surface area contributed by atoms with Gasteiger partial charge in [0.2, 0.25) is 5.88 Å². The second-order valence-electron chi connectivity index (χ2n) is 5.31. The minimum absolute atomic E-state index is 0.0337. The van der Waals surface area contributed by atoms with Crippen LogP contribution in [-0.2, 0) is 0 Å². The fourth-order valence-corrected chi connectivity index (χ4v) is 2.15. The molecule has 0 amide bonds. The van der Waals surface area contributed by atoms with E-state index in [1.165, 1.54) is 0 Å². The zero-order chi connectivity index (χ0) is 15.3. The summed E-state index contributed by atoms with van der Waals surface area (Å²) in [6, 6.07) is 1.71. The molecule has 0 aliphatic heterocycles. The van der Waals surface area contributed by atoms with E-state index in [2.05, 4.69) is 30.5 Å². The molecule has 0 bridgehead atoms. The first-order valence-corrected chi connectivity index (χ1v) is 7.38. The van der Waals surface area contributed by atoms with Crippen molar-refractivity contribution in [2.24, 2.45) is 0 Å². The maximum absolute atomic E-state index is 12.1. The molecule has 1 aromatic rings. The van der Waals surface area contributed by atoms with E-state index in [4.69, 9.17) is 16.3 Å². The Balaban J connectivity index is 2.66. The van der Waals surface area contributed by atoms with Gasteiger partial charge in [-0.3, -0.25) is 4.72 Å². The van der Waals surface area contributed by atoms with Gasteiger partial charge in [-0.15, -0.1) is 0 Å². The lowest BCUT2D eigenvalue weighted by atomic mass is 10.2. The van der Waals surface area contributed by atoms with Crippen molar-refractivity contribution >= 4 is 23.5 Å². The van der Waals surface area contributed by atoms with E-state index < -0.39 is 13.0 Å². The van der Waals surface area contributed by atoms with Crippen LogP contribution in [0, 0.1) is 0 Å². The van der Waals surface area contributed by atoms with Gasteiger partial charge in [0, 0.05) is 17.0 Å². The van der Waals surface area contributed by atoms with Gasteiger partial charge in [0.1, 0.15) is 5.02 Å². The number of rotatable bonds is 6. The van der Waals surface area contributed by atoms with Crippen LogP contribution in [0.3, 0.4) is 0 Å². The van der Waals surface area contributed by atoms with Crippen molar-refractivity contribution in [3.05, 3.63) is 22.8 Å². The molecule has 1 N–H and O–H groups in total. The molecule has 1 heterocycles. The topological polar surface area (TPSA) is 34.2 Å². The van der Waals surface area contributed by atoms with Crippen LogP contribution in [0.4, 0.5) is 8.78 Å². The lowest BCUT2D eigenvalue weighted by Crippen LogP contribution is -2.20. The summed E-state index contributed by atoms with van der Waals surface area (Å²) in [4.78, 5) is 3.98. The van der Waals surface area contributed by atoms with Gasteiger partial charge in [0.15, 0.2) is 6.61 Å². The van der Waals surface area contributed by atoms with Gasteiger partial charge in [0.25, 0.3) is 6.43 Å². The summed E-state index contributed by atoms with van der Waals surface area (Å²) in [7, 11) is 0. The van der Waals surface area contributed by atoms with E-state index in [0.29, 0.717) is 0 Å². The first-order valence-electron chi connectivity index (χ1n) is 6.19. The molecule has 0 saturated carbocycles. The minimum atomic E-state index is -2.55. The molecule has 20 heavy (non-hydrogen) atoms. The molecular weight excluding hydrogens is 306 g/mol. The number of nitrogens with zero attached hydrogens (tertiary/aromatic N) is 1. The Morgan fingerprint density at radius 2 is 2.10 bits per heavy atom. The molecule has 1 aromatic heterocycles. The summed E-state index contributed by atoms with van der Waals surface area (Å²) in [5.74, 6) is 0.0337. The van der Waals surface area contributed by atoms with Gasteiger partial charge in [-0.05, 0) is 39.3 Å². The SMILES string of the molecule is CC(NSC(C)(C)C)c1cnc(OCC(F)F)c(Cl)c1. The van der Waals surface area contributed by atoms with Crippen LogP contribution in [0.25, 0.3) is 0 Å². The highest BCUT2D eigenvalue weighted by Gasteiger charge is 2.15. The molecule has 0 aromatic carbocycles. The fourth-order valence-electron chi connectivity index (χ4n) is 1.26. The molecule has 3 nitrogen and oxygen atoms in total. The molecule has 0 aliphatic rings. The third-order valence-electron chi connectivity index (χ3n) is 2.22. The van der Waals surface area contributed by atoms with Gasteiger partial charge in [-0.25, -0.2) is 13.8 Å². The van der Waals surface area contributed by atoms with Crippen molar-refractivity contribution < 1.29 is 13.5 Å². The molecule has 1 unspecified atom stereocenters. The Kier molecular flexibility index (Phi) is 6.48. The summed E-state index contributed by atoms with van der Waals surface area (Å²) < 4.78 is 32.3. The molecule has 0 radical (unpaired) electrons. The van der Waals surface area contributed by atoms with Gasteiger partial charge in [-0.1, -0.05) is 23.5 Å². The van der Waals surface area contributed by atoms with E-state index in [-0.39, 0.29) is 21.7 Å². The Morgan fingerprint density at radius 1 is 1.45 bits per heavy atom. The summed E-state index contributed by atoms with van der Waals surface area (Å²) in [5.41, 5.74) is 0.871. The van der Waals surface area contributed by atoms with Crippen molar-refractivity contribution in [3.63, 3.8) is 0 Å². The van der Waals surface area contributed by atoms with Crippen LogP contribution in [0.2, 0.25) is 5.02 Å². The van der Waals surface area contributed by atoms with Gasteiger partial charge < -0.3 is 4.74 Å². The van der Waals surface area contributed by atoms with Crippen molar-refractivity contribution in [2.45, 2.75) is 44.9 Å². The zero-order valence-corrected chi connectivity index (χ0v) is 13.5. The average molecular weight is 325 g/mol. The number of nitrogens with one attached hydrogen (secondary N) is 1. The van der Waals surface area contributed by atoms with Crippen molar-refractivity contribution in [3.8, 4) is 5.88 Å². The smallest absolute Gasteiger partial charge is 0.272 e. The molecule has 0 saturated heterocycles. The Morgan fingerprint density at radius 3 is 2.60 bits per heavy atom. The summed E-state index contributed by atoms with van der Waals surface area (Å²) >= 11 is 7.59. The number of hydrogen-bond donors (Lipinski definition) is 1. The first-order chi connectivity index (χ1) is 9.19. The number of alkyl halides is 2. The Hall–Kier alpha value is -0.590. The van der Waals surface area contributed by atoms with Crippen LogP contribution >= 0.6 is 23.5 Å². The Labute approximate surface area is 127 Å². The third kappa shape index (κ3) is 6.24. The van der Waals surface area contributed by atoms with Crippen LogP contribution in [0.5, 0.6) is 5.88 Å². The van der Waals surface area contributed by atoms with Gasteiger partial charge in [-0.2, -0.15) is 0 Å². The lowest BCUT2D eigenvalue weighted by Gasteiger charge is -2.22. The van der Waals surface area contributed by atoms with E-state index in [1.807, 2.05) is 6.92 Å². The maximum atomic E-state index is 12.1. The van der Waals surface area contributed by atoms with E-state index >= 15 is 0 Å². The fraction of sp³-hybridized carbons (Fsp3) is 0.615. The standard InChI is InChI=1S/C13H19ClF2N2OS/c1-8(18-20-13(2,3)4)9-5-10(14)12(17-6-9)19-7-11(15)16/h5-6,8,11,18H,7H2,1-4H3. The normalized spacial score (nSPS) is 13.6. The van der Waals surface area contributed by atoms with Crippen LogP contribution < -0.4 is 9.46 Å². The third-order valence-corrected chi connectivity index (χ3v) is 3.57. The highest BCUT2D eigenvalue weighted by Crippen LogP contribution is 2.28. The van der Waals surface area contributed by atoms with Crippen LogP contribution in [0.1, 0.15) is 39.3 Å². The molecule has 114 valence electrons. The van der Waals surface area contributed by atoms with E-state index in [9.17, 15) is 8.78 Å². The number of ether oxygens (including phenoxy) is 1. The zero-order valence-electron chi connectivity index (χ0n) is 11.9. The highest BCUT2D eigenvalue weighted by atomic mass is 35.5. The first kappa shape index (κ1) is 17.5.